The number of halogens is 1. The van der Waals surface area contributed by atoms with Crippen LogP contribution < -0.4 is 10.1 Å². The van der Waals surface area contributed by atoms with Crippen molar-refractivity contribution in [3.8, 4) is 5.75 Å². The van der Waals surface area contributed by atoms with Gasteiger partial charge in [-0.3, -0.25) is 9.59 Å². The van der Waals surface area contributed by atoms with Crippen LogP contribution in [0.15, 0.2) is 53.0 Å². The maximum absolute atomic E-state index is 12.0. The van der Waals surface area contributed by atoms with Gasteiger partial charge in [-0.25, -0.2) is 0 Å². The number of benzene rings is 2. The zero-order chi connectivity index (χ0) is 16.8. The lowest BCUT2D eigenvalue weighted by Gasteiger charge is -2.12. The van der Waals surface area contributed by atoms with E-state index in [1.807, 2.05) is 18.2 Å². The molecule has 2 rings (SSSR count). The molecule has 6 heteroatoms. The Hall–Kier alpha value is -2.34. The number of amides is 2. The van der Waals surface area contributed by atoms with E-state index in [1.165, 1.54) is 4.90 Å². The van der Waals surface area contributed by atoms with Crippen LogP contribution in [-0.2, 0) is 4.79 Å². The molecule has 0 saturated heterocycles. The average Bonchev–Trinajstić information content (AvgIpc) is 2.53. The van der Waals surface area contributed by atoms with Crippen molar-refractivity contribution in [3.63, 3.8) is 0 Å². The number of hydrogen-bond acceptors (Lipinski definition) is 3. The Kier molecular flexibility index (Phi) is 5.76. The fourth-order valence-corrected chi connectivity index (χ4v) is 2.29. The molecule has 0 heterocycles. The van der Waals surface area contributed by atoms with Gasteiger partial charge in [0.1, 0.15) is 5.75 Å². The molecule has 2 aromatic carbocycles. The van der Waals surface area contributed by atoms with Gasteiger partial charge in [0.15, 0.2) is 6.61 Å². The normalized spacial score (nSPS) is 10.0. The molecule has 23 heavy (non-hydrogen) atoms. The molecule has 0 bridgehead atoms. The lowest BCUT2D eigenvalue weighted by molar-refractivity contribution is -0.118. The van der Waals surface area contributed by atoms with Crippen LogP contribution >= 0.6 is 15.9 Å². The van der Waals surface area contributed by atoms with Crippen LogP contribution in [0.5, 0.6) is 5.75 Å². The third kappa shape index (κ3) is 4.82. The monoisotopic (exact) mass is 376 g/mol. The second kappa shape index (κ2) is 7.78. The number of nitrogens with one attached hydrogen (secondary N) is 1. The van der Waals surface area contributed by atoms with Gasteiger partial charge in [-0.2, -0.15) is 0 Å². The summed E-state index contributed by atoms with van der Waals surface area (Å²) < 4.78 is 6.24. The average molecular weight is 377 g/mol. The highest BCUT2D eigenvalue weighted by atomic mass is 79.9. The minimum Gasteiger partial charge on any atom is -0.483 e. The molecule has 0 saturated carbocycles. The Morgan fingerprint density at radius 3 is 2.57 bits per heavy atom. The first-order valence-corrected chi connectivity index (χ1v) is 7.75. The third-order valence-electron chi connectivity index (χ3n) is 2.99. The smallest absolute Gasteiger partial charge is 0.262 e. The summed E-state index contributed by atoms with van der Waals surface area (Å²) in [5.41, 5.74) is 1.07. The Morgan fingerprint density at radius 2 is 1.87 bits per heavy atom. The van der Waals surface area contributed by atoms with Gasteiger partial charge in [0, 0.05) is 25.3 Å². The van der Waals surface area contributed by atoms with Gasteiger partial charge in [0.05, 0.1) is 4.47 Å². The molecule has 120 valence electrons. The van der Waals surface area contributed by atoms with E-state index in [4.69, 9.17) is 4.74 Å². The zero-order valence-electron chi connectivity index (χ0n) is 12.9. The molecule has 2 aromatic rings. The fraction of sp³-hybridized carbons (Fsp3) is 0.176. The summed E-state index contributed by atoms with van der Waals surface area (Å²) in [5.74, 6) is 0.181. The number of ether oxygens (including phenoxy) is 1. The predicted molar refractivity (Wildman–Crippen MR) is 92.7 cm³/mol. The molecular weight excluding hydrogens is 360 g/mol. The second-order valence-corrected chi connectivity index (χ2v) is 5.90. The quantitative estimate of drug-likeness (QED) is 0.871. The fourth-order valence-electron chi connectivity index (χ4n) is 1.89. The first-order chi connectivity index (χ1) is 11.0. The highest BCUT2D eigenvalue weighted by Gasteiger charge is 2.10. The van der Waals surface area contributed by atoms with Crippen molar-refractivity contribution in [3.05, 3.63) is 58.6 Å². The minimum absolute atomic E-state index is 0.117. The summed E-state index contributed by atoms with van der Waals surface area (Å²) in [5, 5.41) is 2.72. The first kappa shape index (κ1) is 17.0. The van der Waals surface area contributed by atoms with Crippen molar-refractivity contribution in [1.29, 1.82) is 0 Å². The number of anilines is 1. The summed E-state index contributed by atoms with van der Waals surface area (Å²) in [4.78, 5) is 25.4. The Balaban J connectivity index is 1.97. The minimum atomic E-state index is -0.296. The molecule has 2 amide bonds. The van der Waals surface area contributed by atoms with Crippen LogP contribution in [0.25, 0.3) is 0 Å². The van der Waals surface area contributed by atoms with Crippen LogP contribution in [0.4, 0.5) is 5.69 Å². The Morgan fingerprint density at radius 1 is 1.13 bits per heavy atom. The van der Waals surface area contributed by atoms with E-state index < -0.39 is 0 Å². The molecule has 0 aliphatic heterocycles. The standard InChI is InChI=1S/C17H17BrN2O3/c1-20(2)17(22)12-6-5-7-13(10-12)19-16(21)11-23-15-9-4-3-8-14(15)18/h3-10H,11H2,1-2H3,(H,19,21). The maximum Gasteiger partial charge on any atom is 0.262 e. The number of para-hydroxylation sites is 1. The van der Waals surface area contributed by atoms with Crippen molar-refractivity contribution in [2.24, 2.45) is 0 Å². The van der Waals surface area contributed by atoms with E-state index in [-0.39, 0.29) is 18.4 Å². The van der Waals surface area contributed by atoms with Gasteiger partial charge in [-0.05, 0) is 46.3 Å². The molecular formula is C17H17BrN2O3. The van der Waals surface area contributed by atoms with Gasteiger partial charge >= 0.3 is 0 Å². The maximum atomic E-state index is 12.0. The molecule has 0 aromatic heterocycles. The number of nitrogens with zero attached hydrogens (tertiary/aromatic N) is 1. The van der Waals surface area contributed by atoms with Gasteiger partial charge in [0.25, 0.3) is 11.8 Å². The van der Waals surface area contributed by atoms with E-state index in [1.54, 1.807) is 44.4 Å². The summed E-state index contributed by atoms with van der Waals surface area (Å²) >= 11 is 3.35. The highest BCUT2D eigenvalue weighted by Crippen LogP contribution is 2.23. The SMILES string of the molecule is CN(C)C(=O)c1cccc(NC(=O)COc2ccccc2Br)c1. The Labute approximate surface area is 143 Å². The van der Waals surface area contributed by atoms with Crippen LogP contribution in [-0.4, -0.2) is 37.4 Å². The van der Waals surface area contributed by atoms with E-state index in [0.29, 0.717) is 17.0 Å². The van der Waals surface area contributed by atoms with Crippen molar-refractivity contribution >= 4 is 33.4 Å². The largest absolute Gasteiger partial charge is 0.483 e. The van der Waals surface area contributed by atoms with E-state index in [9.17, 15) is 9.59 Å². The molecule has 0 fully saturated rings. The van der Waals surface area contributed by atoms with Gasteiger partial charge in [-0.1, -0.05) is 18.2 Å². The van der Waals surface area contributed by atoms with E-state index in [2.05, 4.69) is 21.2 Å². The summed E-state index contributed by atoms with van der Waals surface area (Å²) in [6, 6.07) is 14.1. The topological polar surface area (TPSA) is 58.6 Å². The van der Waals surface area contributed by atoms with Crippen LogP contribution in [0.3, 0.4) is 0 Å². The number of hydrogen-bond donors (Lipinski definition) is 1. The number of carbonyl (C=O) groups excluding carboxylic acids is 2. The molecule has 0 unspecified atom stereocenters. The van der Waals surface area contributed by atoms with Crippen molar-refractivity contribution < 1.29 is 14.3 Å². The van der Waals surface area contributed by atoms with Gasteiger partial charge < -0.3 is 15.0 Å². The van der Waals surface area contributed by atoms with Crippen molar-refractivity contribution in [2.45, 2.75) is 0 Å². The summed E-state index contributed by atoms with van der Waals surface area (Å²) in [6.45, 7) is -0.117. The van der Waals surface area contributed by atoms with Crippen molar-refractivity contribution in [1.82, 2.24) is 4.90 Å². The van der Waals surface area contributed by atoms with Crippen LogP contribution in [0.2, 0.25) is 0 Å². The predicted octanol–water partition coefficient (Wildman–Crippen LogP) is 3.17. The van der Waals surface area contributed by atoms with Gasteiger partial charge in [0.2, 0.25) is 0 Å². The van der Waals surface area contributed by atoms with Crippen LogP contribution in [0.1, 0.15) is 10.4 Å². The molecule has 1 N–H and O–H groups in total. The molecule has 0 radical (unpaired) electrons. The van der Waals surface area contributed by atoms with E-state index >= 15 is 0 Å². The van der Waals surface area contributed by atoms with Crippen LogP contribution in [0, 0.1) is 0 Å². The Bertz CT molecular complexity index is 716. The van der Waals surface area contributed by atoms with Crippen molar-refractivity contribution in [2.75, 3.05) is 26.0 Å². The molecule has 0 aliphatic rings. The van der Waals surface area contributed by atoms with E-state index in [0.717, 1.165) is 4.47 Å². The summed E-state index contributed by atoms with van der Waals surface area (Å²) in [6.07, 6.45) is 0. The first-order valence-electron chi connectivity index (χ1n) is 6.96. The molecule has 0 aliphatic carbocycles. The lowest BCUT2D eigenvalue weighted by Crippen LogP contribution is -2.23. The number of carbonyl (C=O) groups is 2. The molecule has 0 atom stereocenters. The lowest BCUT2D eigenvalue weighted by atomic mass is 10.2. The highest BCUT2D eigenvalue weighted by molar-refractivity contribution is 9.10. The molecule has 0 spiro atoms. The summed E-state index contributed by atoms with van der Waals surface area (Å²) in [7, 11) is 3.36. The zero-order valence-corrected chi connectivity index (χ0v) is 14.5. The number of rotatable bonds is 5. The second-order valence-electron chi connectivity index (χ2n) is 5.05. The molecule has 5 nitrogen and oxygen atoms in total. The van der Waals surface area contributed by atoms with Gasteiger partial charge in [-0.15, -0.1) is 0 Å². The third-order valence-corrected chi connectivity index (χ3v) is 3.65.